The maximum atomic E-state index is 12.7. The Balaban J connectivity index is 2.10. The minimum Gasteiger partial charge on any atom is -0.496 e. The number of methoxy groups -OCH3 is 1. The normalized spacial score (nSPS) is 11.9. The number of hydrogen-bond donors (Lipinski definition) is 1. The van der Waals surface area contributed by atoms with Crippen molar-refractivity contribution in [2.24, 2.45) is 0 Å². The van der Waals surface area contributed by atoms with E-state index >= 15 is 0 Å². The first-order valence-corrected chi connectivity index (χ1v) is 8.12. The topological polar surface area (TPSA) is 54.5 Å². The molecule has 0 unspecified atom stereocenters. The molecule has 1 aromatic heterocycles. The first-order valence-electron chi connectivity index (χ1n) is 8.12. The van der Waals surface area contributed by atoms with E-state index < -0.39 is 0 Å². The highest BCUT2D eigenvalue weighted by molar-refractivity contribution is 5.75. The van der Waals surface area contributed by atoms with Gasteiger partial charge in [0.25, 0.3) is 0 Å². The molecule has 24 heavy (non-hydrogen) atoms. The molecule has 0 aliphatic rings. The molecule has 2 aromatic rings. The van der Waals surface area contributed by atoms with Crippen LogP contribution < -0.4 is 10.1 Å². The maximum Gasteiger partial charge on any atom is 0.318 e. The van der Waals surface area contributed by atoms with Gasteiger partial charge in [-0.25, -0.2) is 4.79 Å². The Bertz CT molecular complexity index is 659. The second-order valence-electron chi connectivity index (χ2n) is 6.00. The molecular weight excluding hydrogens is 302 g/mol. The number of aromatic nitrogens is 1. The van der Waals surface area contributed by atoms with Crippen molar-refractivity contribution in [1.29, 1.82) is 0 Å². The molecule has 1 atom stereocenters. The van der Waals surface area contributed by atoms with Crippen molar-refractivity contribution >= 4 is 6.03 Å². The van der Waals surface area contributed by atoms with E-state index in [-0.39, 0.29) is 18.1 Å². The maximum absolute atomic E-state index is 12.7. The predicted molar refractivity (Wildman–Crippen MR) is 94.9 cm³/mol. The Morgan fingerprint density at radius 1 is 1.21 bits per heavy atom. The lowest BCUT2D eigenvalue weighted by Gasteiger charge is -2.29. The number of nitrogens with zero attached hydrogens (tertiary/aromatic N) is 2. The zero-order valence-electron chi connectivity index (χ0n) is 14.7. The third-order valence-corrected chi connectivity index (χ3v) is 3.91. The summed E-state index contributed by atoms with van der Waals surface area (Å²) in [6.45, 7) is 6.49. The van der Waals surface area contributed by atoms with E-state index in [2.05, 4.69) is 10.3 Å². The van der Waals surface area contributed by atoms with Gasteiger partial charge in [-0.3, -0.25) is 4.98 Å². The average molecular weight is 327 g/mol. The molecule has 2 amide bonds. The fourth-order valence-electron chi connectivity index (χ4n) is 2.55. The Labute approximate surface area is 143 Å². The molecule has 5 nitrogen and oxygen atoms in total. The van der Waals surface area contributed by atoms with Crippen LogP contribution in [0.15, 0.2) is 48.8 Å². The van der Waals surface area contributed by atoms with E-state index in [1.807, 2.05) is 57.2 Å². The highest BCUT2D eigenvalue weighted by atomic mass is 16.5. The summed E-state index contributed by atoms with van der Waals surface area (Å²) < 4.78 is 5.38. The van der Waals surface area contributed by atoms with Crippen molar-refractivity contribution < 1.29 is 9.53 Å². The summed E-state index contributed by atoms with van der Waals surface area (Å²) in [5, 5.41) is 3.06. The minimum absolute atomic E-state index is 0.0788. The molecule has 0 spiro atoms. The summed E-state index contributed by atoms with van der Waals surface area (Å²) in [5.74, 6) is 0.772. The molecule has 0 aliphatic carbocycles. The third-order valence-electron chi connectivity index (χ3n) is 3.91. The summed E-state index contributed by atoms with van der Waals surface area (Å²) in [6, 6.07) is 11.4. The molecule has 0 fully saturated rings. The molecule has 1 N–H and O–H groups in total. The lowest BCUT2D eigenvalue weighted by Crippen LogP contribution is -2.44. The van der Waals surface area contributed by atoms with Crippen molar-refractivity contribution in [3.05, 3.63) is 59.9 Å². The van der Waals surface area contributed by atoms with E-state index in [0.717, 1.165) is 16.9 Å². The highest BCUT2D eigenvalue weighted by Crippen LogP contribution is 2.24. The van der Waals surface area contributed by atoms with Crippen LogP contribution in [-0.4, -0.2) is 29.1 Å². The summed E-state index contributed by atoms with van der Waals surface area (Å²) in [5.41, 5.74) is 1.96. The number of hydrogen-bond acceptors (Lipinski definition) is 3. The third kappa shape index (κ3) is 4.47. The smallest absolute Gasteiger partial charge is 0.318 e. The van der Waals surface area contributed by atoms with Gasteiger partial charge in [0.1, 0.15) is 5.75 Å². The number of para-hydroxylation sites is 1. The fourth-order valence-corrected chi connectivity index (χ4v) is 2.55. The molecular formula is C19H25N3O2. The van der Waals surface area contributed by atoms with E-state index in [9.17, 15) is 4.79 Å². The van der Waals surface area contributed by atoms with Crippen LogP contribution >= 0.6 is 0 Å². The van der Waals surface area contributed by atoms with Crippen molar-refractivity contribution in [3.8, 4) is 5.75 Å². The van der Waals surface area contributed by atoms with Gasteiger partial charge in [-0.2, -0.15) is 0 Å². The van der Waals surface area contributed by atoms with E-state index in [0.29, 0.717) is 6.54 Å². The highest BCUT2D eigenvalue weighted by Gasteiger charge is 2.21. The van der Waals surface area contributed by atoms with E-state index in [1.54, 1.807) is 24.4 Å². The number of rotatable bonds is 6. The number of amides is 2. The monoisotopic (exact) mass is 327 g/mol. The second-order valence-corrected chi connectivity index (χ2v) is 6.00. The van der Waals surface area contributed by atoms with Crippen LogP contribution in [0.3, 0.4) is 0 Å². The largest absolute Gasteiger partial charge is 0.496 e. The van der Waals surface area contributed by atoms with Crippen LogP contribution in [0.4, 0.5) is 4.79 Å². The van der Waals surface area contributed by atoms with Crippen molar-refractivity contribution in [2.45, 2.75) is 39.4 Å². The van der Waals surface area contributed by atoms with E-state index in [1.165, 1.54) is 0 Å². The van der Waals surface area contributed by atoms with Crippen LogP contribution in [0.2, 0.25) is 0 Å². The lowest BCUT2D eigenvalue weighted by molar-refractivity contribution is 0.176. The molecule has 1 aromatic carbocycles. The molecule has 128 valence electrons. The van der Waals surface area contributed by atoms with Crippen molar-refractivity contribution in [2.75, 3.05) is 7.11 Å². The molecule has 2 rings (SSSR count). The SMILES string of the molecule is COc1ccccc1[C@H](C)NC(=O)N(Cc1cccnc1)C(C)C. The van der Waals surface area contributed by atoms with Crippen LogP contribution in [0, 0.1) is 0 Å². The van der Waals surface area contributed by atoms with Crippen LogP contribution in [0.5, 0.6) is 5.75 Å². The second kappa shape index (κ2) is 8.34. The van der Waals surface area contributed by atoms with E-state index in [4.69, 9.17) is 4.74 Å². The molecule has 1 heterocycles. The molecule has 0 saturated heterocycles. The average Bonchev–Trinajstić information content (AvgIpc) is 2.60. The van der Waals surface area contributed by atoms with Crippen LogP contribution in [-0.2, 0) is 6.54 Å². The summed E-state index contributed by atoms with van der Waals surface area (Å²) in [4.78, 5) is 18.6. The number of nitrogens with one attached hydrogen (secondary N) is 1. The number of benzene rings is 1. The van der Waals surface area contributed by atoms with Gasteiger partial charge in [0.05, 0.1) is 13.2 Å². The van der Waals surface area contributed by atoms with Crippen LogP contribution in [0.25, 0.3) is 0 Å². The molecule has 0 aliphatic heterocycles. The minimum atomic E-state index is -0.149. The van der Waals surface area contributed by atoms with Gasteiger partial charge < -0.3 is 15.0 Å². The molecule has 0 radical (unpaired) electrons. The Morgan fingerprint density at radius 2 is 1.96 bits per heavy atom. The van der Waals surface area contributed by atoms with Crippen molar-refractivity contribution in [3.63, 3.8) is 0 Å². The Morgan fingerprint density at radius 3 is 2.58 bits per heavy atom. The summed E-state index contributed by atoms with van der Waals surface area (Å²) >= 11 is 0. The number of carbonyl (C=O) groups excluding carboxylic acids is 1. The molecule has 0 saturated carbocycles. The standard InChI is InChI=1S/C19H25N3O2/c1-14(2)22(13-16-8-7-11-20-12-16)19(23)21-15(3)17-9-5-6-10-18(17)24-4/h5-12,14-15H,13H2,1-4H3,(H,21,23)/t15-/m0/s1. The first-order chi connectivity index (χ1) is 11.5. The van der Waals surface area contributed by atoms with Gasteiger partial charge in [-0.15, -0.1) is 0 Å². The summed E-state index contributed by atoms with van der Waals surface area (Å²) in [6.07, 6.45) is 3.51. The number of carbonyl (C=O) groups is 1. The van der Waals surface area contributed by atoms with Gasteiger partial charge in [-0.05, 0) is 38.5 Å². The fraction of sp³-hybridized carbons (Fsp3) is 0.368. The van der Waals surface area contributed by atoms with Crippen LogP contribution in [0.1, 0.15) is 37.9 Å². The molecule has 0 bridgehead atoms. The zero-order chi connectivity index (χ0) is 17.5. The number of pyridine rings is 1. The lowest BCUT2D eigenvalue weighted by atomic mass is 10.1. The van der Waals surface area contributed by atoms with Gasteiger partial charge in [0.2, 0.25) is 0 Å². The van der Waals surface area contributed by atoms with Gasteiger partial charge >= 0.3 is 6.03 Å². The number of urea groups is 1. The zero-order valence-corrected chi connectivity index (χ0v) is 14.7. The van der Waals surface area contributed by atoms with Crippen molar-refractivity contribution in [1.82, 2.24) is 15.2 Å². The van der Waals surface area contributed by atoms with Gasteiger partial charge in [0, 0.05) is 30.5 Å². The Kier molecular flexibility index (Phi) is 6.18. The molecule has 5 heteroatoms. The quantitative estimate of drug-likeness (QED) is 0.878. The summed E-state index contributed by atoms with van der Waals surface area (Å²) in [7, 11) is 1.64. The Hall–Kier alpha value is -2.56. The number of ether oxygens (including phenoxy) is 1. The first kappa shape index (κ1) is 17.8. The van der Waals surface area contributed by atoms with Gasteiger partial charge in [-0.1, -0.05) is 24.3 Å². The van der Waals surface area contributed by atoms with Gasteiger partial charge in [0.15, 0.2) is 0 Å². The predicted octanol–water partition coefficient (Wildman–Crippen LogP) is 3.77.